The van der Waals surface area contributed by atoms with E-state index in [-0.39, 0.29) is 0 Å². The number of aromatic nitrogens is 4. The molecular formula is C11H17N5. The molecule has 0 saturated heterocycles. The first-order valence-electron chi connectivity index (χ1n) is 5.47. The van der Waals surface area contributed by atoms with Gasteiger partial charge in [-0.1, -0.05) is 0 Å². The zero-order chi connectivity index (χ0) is 11.4. The first-order valence-corrected chi connectivity index (χ1v) is 5.47. The van der Waals surface area contributed by atoms with Gasteiger partial charge in [0.2, 0.25) is 0 Å². The summed E-state index contributed by atoms with van der Waals surface area (Å²) in [5.74, 6) is 0. The largest absolute Gasteiger partial charge is 0.331 e. The average molecular weight is 219 g/mol. The number of aromatic amines is 1. The van der Waals surface area contributed by atoms with E-state index >= 15 is 0 Å². The SMILES string of the molecule is CC(C)n1cncc1CNCc1ccn[nH]1. The monoisotopic (exact) mass is 219 g/mol. The summed E-state index contributed by atoms with van der Waals surface area (Å²) in [5.41, 5.74) is 2.30. The van der Waals surface area contributed by atoms with Crippen LogP contribution in [0.1, 0.15) is 31.3 Å². The van der Waals surface area contributed by atoms with Crippen molar-refractivity contribution in [1.29, 1.82) is 0 Å². The molecule has 2 aromatic heterocycles. The molecule has 0 saturated carbocycles. The van der Waals surface area contributed by atoms with Gasteiger partial charge in [-0.25, -0.2) is 4.98 Å². The van der Waals surface area contributed by atoms with Crippen molar-refractivity contribution in [3.05, 3.63) is 36.2 Å². The molecule has 0 fully saturated rings. The molecule has 0 aliphatic heterocycles. The Balaban J connectivity index is 1.87. The maximum absolute atomic E-state index is 4.16. The molecule has 0 amide bonds. The molecule has 2 aromatic rings. The van der Waals surface area contributed by atoms with Crippen molar-refractivity contribution in [3.8, 4) is 0 Å². The van der Waals surface area contributed by atoms with Gasteiger partial charge in [-0.15, -0.1) is 0 Å². The van der Waals surface area contributed by atoms with Crippen molar-refractivity contribution in [2.45, 2.75) is 33.0 Å². The standard InChI is InChI=1S/C11H17N5/c1-9(2)16-8-13-7-11(16)6-12-5-10-3-4-14-15-10/h3-4,7-9,12H,5-6H2,1-2H3,(H,14,15). The fourth-order valence-corrected chi connectivity index (χ4v) is 1.64. The minimum atomic E-state index is 0.450. The van der Waals surface area contributed by atoms with Gasteiger partial charge in [0.1, 0.15) is 0 Å². The number of nitrogens with one attached hydrogen (secondary N) is 2. The first kappa shape index (κ1) is 10.9. The van der Waals surface area contributed by atoms with Gasteiger partial charge in [0.25, 0.3) is 0 Å². The summed E-state index contributed by atoms with van der Waals surface area (Å²) < 4.78 is 2.17. The fourth-order valence-electron chi connectivity index (χ4n) is 1.64. The van der Waals surface area contributed by atoms with E-state index in [1.807, 2.05) is 18.6 Å². The van der Waals surface area contributed by atoms with Crippen molar-refractivity contribution in [2.75, 3.05) is 0 Å². The van der Waals surface area contributed by atoms with E-state index < -0.39 is 0 Å². The molecule has 16 heavy (non-hydrogen) atoms. The maximum atomic E-state index is 4.16. The van der Waals surface area contributed by atoms with Gasteiger partial charge in [-0.3, -0.25) is 5.10 Å². The molecule has 2 rings (SSSR count). The Morgan fingerprint density at radius 3 is 3.00 bits per heavy atom. The van der Waals surface area contributed by atoms with Crippen molar-refractivity contribution >= 4 is 0 Å². The molecule has 2 N–H and O–H groups in total. The van der Waals surface area contributed by atoms with E-state index in [2.05, 4.69) is 38.9 Å². The van der Waals surface area contributed by atoms with Gasteiger partial charge in [-0.05, 0) is 19.9 Å². The maximum Gasteiger partial charge on any atom is 0.0951 e. The summed E-state index contributed by atoms with van der Waals surface area (Å²) >= 11 is 0. The van der Waals surface area contributed by atoms with E-state index in [9.17, 15) is 0 Å². The zero-order valence-electron chi connectivity index (χ0n) is 9.64. The molecule has 0 aliphatic carbocycles. The lowest BCUT2D eigenvalue weighted by molar-refractivity contribution is 0.549. The highest BCUT2D eigenvalue weighted by molar-refractivity contribution is 5.01. The van der Waals surface area contributed by atoms with Crippen LogP contribution >= 0.6 is 0 Å². The van der Waals surface area contributed by atoms with E-state index in [0.717, 1.165) is 18.8 Å². The van der Waals surface area contributed by atoms with Crippen LogP contribution in [0.5, 0.6) is 0 Å². The van der Waals surface area contributed by atoms with E-state index in [4.69, 9.17) is 0 Å². The Bertz CT molecular complexity index is 415. The molecule has 0 aliphatic rings. The second kappa shape index (κ2) is 4.94. The molecule has 0 spiro atoms. The van der Waals surface area contributed by atoms with Gasteiger partial charge in [0.15, 0.2) is 0 Å². The van der Waals surface area contributed by atoms with Crippen LogP contribution in [0.25, 0.3) is 0 Å². The molecule has 0 unspecified atom stereocenters. The summed E-state index contributed by atoms with van der Waals surface area (Å²) in [6.07, 6.45) is 5.53. The Morgan fingerprint density at radius 2 is 2.31 bits per heavy atom. The summed E-state index contributed by atoms with van der Waals surface area (Å²) in [7, 11) is 0. The first-order chi connectivity index (χ1) is 7.77. The number of nitrogens with zero attached hydrogens (tertiary/aromatic N) is 3. The highest BCUT2D eigenvalue weighted by Crippen LogP contribution is 2.08. The van der Waals surface area contributed by atoms with Gasteiger partial charge < -0.3 is 9.88 Å². The smallest absolute Gasteiger partial charge is 0.0951 e. The highest BCUT2D eigenvalue weighted by atomic mass is 15.1. The van der Waals surface area contributed by atoms with Crippen molar-refractivity contribution in [2.24, 2.45) is 0 Å². The van der Waals surface area contributed by atoms with E-state index in [0.29, 0.717) is 6.04 Å². The Morgan fingerprint density at radius 1 is 1.44 bits per heavy atom. The van der Waals surface area contributed by atoms with Crippen molar-refractivity contribution in [3.63, 3.8) is 0 Å². The Labute approximate surface area is 94.9 Å². The number of H-pyrrole nitrogens is 1. The molecule has 2 heterocycles. The molecule has 86 valence electrons. The third-order valence-electron chi connectivity index (χ3n) is 2.48. The van der Waals surface area contributed by atoms with Crippen LogP contribution in [-0.2, 0) is 13.1 Å². The van der Waals surface area contributed by atoms with Crippen molar-refractivity contribution in [1.82, 2.24) is 25.1 Å². The van der Waals surface area contributed by atoms with E-state index in [1.54, 1.807) is 6.20 Å². The fraction of sp³-hybridized carbons (Fsp3) is 0.455. The molecule has 5 heteroatoms. The second-order valence-electron chi connectivity index (χ2n) is 4.07. The predicted molar refractivity (Wildman–Crippen MR) is 61.7 cm³/mol. The molecule has 5 nitrogen and oxygen atoms in total. The lowest BCUT2D eigenvalue weighted by Crippen LogP contribution is -2.16. The number of hydrogen-bond donors (Lipinski definition) is 2. The minimum Gasteiger partial charge on any atom is -0.331 e. The molecular weight excluding hydrogens is 202 g/mol. The van der Waals surface area contributed by atoms with E-state index in [1.165, 1.54) is 5.69 Å². The highest BCUT2D eigenvalue weighted by Gasteiger charge is 2.04. The Hall–Kier alpha value is -1.62. The summed E-state index contributed by atoms with van der Waals surface area (Å²) in [5, 5.41) is 10.2. The lowest BCUT2D eigenvalue weighted by atomic mass is 10.3. The van der Waals surface area contributed by atoms with Crippen LogP contribution in [0.2, 0.25) is 0 Å². The van der Waals surface area contributed by atoms with Gasteiger partial charge in [-0.2, -0.15) is 5.10 Å². The summed E-state index contributed by atoms with van der Waals surface area (Å²) in [6.45, 7) is 5.92. The van der Waals surface area contributed by atoms with Crippen LogP contribution in [0.15, 0.2) is 24.8 Å². The molecule has 0 atom stereocenters. The number of imidazole rings is 1. The van der Waals surface area contributed by atoms with Gasteiger partial charge >= 0.3 is 0 Å². The van der Waals surface area contributed by atoms with Crippen LogP contribution in [-0.4, -0.2) is 19.7 Å². The average Bonchev–Trinajstić information content (AvgIpc) is 2.87. The molecule has 0 aromatic carbocycles. The summed E-state index contributed by atoms with van der Waals surface area (Å²) in [4.78, 5) is 4.16. The van der Waals surface area contributed by atoms with Gasteiger partial charge in [0, 0.05) is 37.2 Å². The van der Waals surface area contributed by atoms with Crippen molar-refractivity contribution < 1.29 is 0 Å². The third-order valence-corrected chi connectivity index (χ3v) is 2.48. The lowest BCUT2D eigenvalue weighted by Gasteiger charge is -2.11. The summed E-state index contributed by atoms with van der Waals surface area (Å²) in [6, 6.07) is 2.42. The third kappa shape index (κ3) is 2.49. The number of rotatable bonds is 5. The van der Waals surface area contributed by atoms with Crippen LogP contribution in [0.3, 0.4) is 0 Å². The molecule has 0 radical (unpaired) electrons. The van der Waals surface area contributed by atoms with Crippen LogP contribution in [0, 0.1) is 0 Å². The minimum absolute atomic E-state index is 0.450. The topological polar surface area (TPSA) is 58.5 Å². The molecule has 0 bridgehead atoms. The number of hydrogen-bond acceptors (Lipinski definition) is 3. The van der Waals surface area contributed by atoms with Crippen LogP contribution < -0.4 is 5.32 Å². The van der Waals surface area contributed by atoms with Gasteiger partial charge in [0.05, 0.1) is 12.0 Å². The quantitative estimate of drug-likeness (QED) is 0.800. The predicted octanol–water partition coefficient (Wildman–Crippen LogP) is 1.48. The zero-order valence-corrected chi connectivity index (χ0v) is 9.64. The normalized spacial score (nSPS) is 11.2. The second-order valence-corrected chi connectivity index (χ2v) is 4.07. The Kier molecular flexibility index (Phi) is 3.36. The van der Waals surface area contributed by atoms with Crippen LogP contribution in [0.4, 0.5) is 0 Å².